The van der Waals surface area contributed by atoms with Crippen LogP contribution in [-0.2, 0) is 15.7 Å². The van der Waals surface area contributed by atoms with Crippen LogP contribution in [0.4, 0.5) is 32.0 Å². The van der Waals surface area contributed by atoms with E-state index in [0.717, 1.165) is 17.7 Å². The molecule has 0 aliphatic carbocycles. The maximum Gasteiger partial charge on any atom is 0.416 e. The van der Waals surface area contributed by atoms with Crippen LogP contribution in [0.25, 0.3) is 0 Å². The van der Waals surface area contributed by atoms with Gasteiger partial charge in [0.1, 0.15) is 8.07 Å². The third-order valence-electron chi connectivity index (χ3n) is 6.41. The molecule has 1 aliphatic rings. The normalized spacial score (nSPS) is 18.7. The number of benzene rings is 2. The average molecular weight is 556 g/mol. The molecule has 0 bridgehead atoms. The summed E-state index contributed by atoms with van der Waals surface area (Å²) in [4.78, 5) is 14.0. The number of rotatable bonds is 6. The Labute approximate surface area is 220 Å². The number of esters is 1. The third kappa shape index (κ3) is 7.79. The third-order valence-corrected chi connectivity index (χ3v) is 7.31. The van der Waals surface area contributed by atoms with Crippen molar-refractivity contribution in [3.8, 4) is 11.5 Å². The summed E-state index contributed by atoms with van der Waals surface area (Å²) in [5, 5.41) is 0. The maximum atomic E-state index is 13.4. The summed E-state index contributed by atoms with van der Waals surface area (Å²) in [5.41, 5.74) is 4.28. The highest BCUT2D eigenvalue weighted by Gasteiger charge is 2.39. The van der Waals surface area contributed by atoms with Crippen molar-refractivity contribution < 1.29 is 35.9 Å². The quantitative estimate of drug-likeness (QED) is 0.157. The fourth-order valence-corrected chi connectivity index (χ4v) is 5.28. The molecule has 0 spiro atoms. The Morgan fingerprint density at radius 1 is 1.05 bits per heavy atom. The van der Waals surface area contributed by atoms with E-state index in [9.17, 15) is 31.1 Å². The molecular formula is C28H31F6NO2Si. The molecule has 2 aromatic carbocycles. The maximum absolute atomic E-state index is 13.4. The topological polar surface area (TPSA) is 29.5 Å². The van der Waals surface area contributed by atoms with Crippen LogP contribution in [0.15, 0.2) is 48.5 Å². The molecule has 0 saturated heterocycles. The van der Waals surface area contributed by atoms with E-state index in [1.165, 1.54) is 19.2 Å². The first kappa shape index (κ1) is 29.6. The molecule has 1 aliphatic heterocycles. The molecule has 0 radical (unpaired) electrons. The highest BCUT2D eigenvalue weighted by atomic mass is 28.3. The average Bonchev–Trinajstić information content (AvgIpc) is 2.82. The first-order chi connectivity index (χ1) is 17.6. The van der Waals surface area contributed by atoms with Gasteiger partial charge in [-0.05, 0) is 48.1 Å². The Morgan fingerprint density at radius 3 is 2.24 bits per heavy atom. The molecule has 3 nitrogen and oxygen atoms in total. The van der Waals surface area contributed by atoms with E-state index in [0.29, 0.717) is 17.7 Å². The molecule has 0 amide bonds. The van der Waals surface area contributed by atoms with Crippen molar-refractivity contribution in [1.82, 2.24) is 0 Å². The molecule has 3 atom stereocenters. The summed E-state index contributed by atoms with van der Waals surface area (Å²) in [6.07, 6.45) is -9.94. The highest BCUT2D eigenvalue weighted by molar-refractivity contribution is 6.83. The fraction of sp³-hybridized carbons (Fsp3) is 0.464. The molecule has 10 heteroatoms. The van der Waals surface area contributed by atoms with Gasteiger partial charge in [0.25, 0.3) is 0 Å². The number of ether oxygens (including phenoxy) is 1. The molecule has 3 rings (SSSR count). The second kappa shape index (κ2) is 11.4. The zero-order chi connectivity index (χ0) is 28.3. The van der Waals surface area contributed by atoms with Crippen molar-refractivity contribution in [2.45, 2.75) is 75.7 Å². The van der Waals surface area contributed by atoms with E-state index in [4.69, 9.17) is 4.74 Å². The van der Waals surface area contributed by atoms with Gasteiger partial charge in [0.05, 0.1) is 31.2 Å². The fourth-order valence-electron chi connectivity index (χ4n) is 4.68. The lowest BCUT2D eigenvalue weighted by atomic mass is 9.80. The van der Waals surface area contributed by atoms with Crippen LogP contribution in [-0.4, -0.2) is 33.4 Å². The molecule has 0 aromatic heterocycles. The number of methoxy groups -OCH3 is 1. The lowest BCUT2D eigenvalue weighted by Gasteiger charge is -2.45. The number of alkyl halides is 6. The van der Waals surface area contributed by atoms with Crippen molar-refractivity contribution in [3.05, 3.63) is 65.2 Å². The van der Waals surface area contributed by atoms with Gasteiger partial charge < -0.3 is 9.64 Å². The Balaban J connectivity index is 2.18. The van der Waals surface area contributed by atoms with E-state index in [2.05, 4.69) is 11.5 Å². The Kier molecular flexibility index (Phi) is 8.92. The van der Waals surface area contributed by atoms with Gasteiger partial charge in [0.15, 0.2) is 0 Å². The van der Waals surface area contributed by atoms with Gasteiger partial charge >= 0.3 is 18.3 Å². The minimum absolute atomic E-state index is 0.0340. The number of hydrogen-bond donors (Lipinski definition) is 0. The predicted molar refractivity (Wildman–Crippen MR) is 137 cm³/mol. The van der Waals surface area contributed by atoms with Gasteiger partial charge in [0.2, 0.25) is 0 Å². The first-order valence-corrected chi connectivity index (χ1v) is 15.8. The number of hydrogen-bond acceptors (Lipinski definition) is 3. The van der Waals surface area contributed by atoms with E-state index in [1.54, 1.807) is 18.2 Å². The smallest absolute Gasteiger partial charge is 0.416 e. The highest BCUT2D eigenvalue weighted by Crippen LogP contribution is 2.48. The van der Waals surface area contributed by atoms with Gasteiger partial charge in [-0.1, -0.05) is 55.9 Å². The van der Waals surface area contributed by atoms with E-state index < -0.39 is 50.5 Å². The van der Waals surface area contributed by atoms with Crippen LogP contribution in [0, 0.1) is 11.5 Å². The molecule has 0 N–H and O–H groups in total. The lowest BCUT2D eigenvalue weighted by molar-refractivity contribution is -0.141. The van der Waals surface area contributed by atoms with E-state index in [-0.39, 0.29) is 18.8 Å². The van der Waals surface area contributed by atoms with Gasteiger partial charge in [0, 0.05) is 12.1 Å². The molecular weight excluding hydrogens is 524 g/mol. The number of carbonyl (C=O) groups excluding carboxylic acids is 1. The summed E-state index contributed by atoms with van der Waals surface area (Å²) < 4.78 is 84.7. The first-order valence-electron chi connectivity index (χ1n) is 12.3. The molecule has 1 heterocycles. The van der Waals surface area contributed by atoms with Crippen LogP contribution in [0.3, 0.4) is 0 Å². The summed E-state index contributed by atoms with van der Waals surface area (Å²) in [7, 11) is -0.702. The Bertz CT molecular complexity index is 1180. The Morgan fingerprint density at radius 2 is 1.68 bits per heavy atom. The van der Waals surface area contributed by atoms with E-state index in [1.807, 2.05) is 30.6 Å². The van der Waals surface area contributed by atoms with Crippen molar-refractivity contribution in [3.63, 3.8) is 0 Å². The number of para-hydroxylation sites is 1. The van der Waals surface area contributed by atoms with Crippen LogP contribution < -0.4 is 4.90 Å². The van der Waals surface area contributed by atoms with Gasteiger partial charge in [-0.15, -0.1) is 5.54 Å². The minimum Gasteiger partial charge on any atom is -0.469 e. The molecule has 2 aromatic rings. The van der Waals surface area contributed by atoms with Crippen LogP contribution in [0.1, 0.15) is 54.3 Å². The van der Waals surface area contributed by atoms with Crippen LogP contribution in [0.5, 0.6) is 0 Å². The minimum atomic E-state index is -4.52. The zero-order valence-electron chi connectivity index (χ0n) is 21.7. The lowest BCUT2D eigenvalue weighted by Crippen LogP contribution is -2.43. The van der Waals surface area contributed by atoms with Gasteiger partial charge in [-0.25, -0.2) is 0 Å². The van der Waals surface area contributed by atoms with Crippen LogP contribution >= 0.6 is 0 Å². The summed E-state index contributed by atoms with van der Waals surface area (Å²) in [6, 6.07) is 10.4. The van der Waals surface area contributed by atoms with Crippen LogP contribution in [0.2, 0.25) is 19.6 Å². The SMILES string of the molecule is COC(=O)C[C@H]1C[C@@H](c2ccc(C(F)(F)F)cc2)N([C@H](C#C[Si](C)(C)C)CCC(F)(F)F)c2ccccc21. The standard InChI is InChI=1S/C28H31F6NO2Si/c1-37-26(36)18-20-17-25(19-9-11-21(12-10-19)28(32,33)34)35(24-8-6-5-7-23(20)24)22(13-15-27(29,30)31)14-16-38(2,3)4/h5-12,20,22,25H,13,15,17-18H2,1-4H3/t20-,22+,25+/m1/s1. The summed E-state index contributed by atoms with van der Waals surface area (Å²) >= 11 is 0. The van der Waals surface area contributed by atoms with Crippen molar-refractivity contribution in [2.24, 2.45) is 0 Å². The van der Waals surface area contributed by atoms with Crippen molar-refractivity contribution in [1.29, 1.82) is 0 Å². The molecule has 0 fully saturated rings. The number of fused-ring (bicyclic) bond motifs is 1. The number of anilines is 1. The second-order valence-corrected chi connectivity index (χ2v) is 15.3. The number of halogens is 6. The summed E-state index contributed by atoms with van der Waals surface area (Å²) in [5.74, 6) is 2.33. The molecule has 38 heavy (non-hydrogen) atoms. The Hall–Kier alpha value is -2.93. The summed E-state index contributed by atoms with van der Waals surface area (Å²) in [6.45, 7) is 5.97. The van der Waals surface area contributed by atoms with Gasteiger partial charge in [-0.2, -0.15) is 26.3 Å². The van der Waals surface area contributed by atoms with E-state index >= 15 is 0 Å². The largest absolute Gasteiger partial charge is 0.469 e. The number of carbonyl (C=O) groups is 1. The van der Waals surface area contributed by atoms with Gasteiger partial charge in [-0.3, -0.25) is 4.79 Å². The predicted octanol–water partition coefficient (Wildman–Crippen LogP) is 7.90. The molecule has 0 unspecified atom stereocenters. The monoisotopic (exact) mass is 555 g/mol. The molecule has 0 saturated carbocycles. The zero-order valence-corrected chi connectivity index (χ0v) is 22.7. The van der Waals surface area contributed by atoms with Crippen molar-refractivity contribution in [2.75, 3.05) is 12.0 Å². The second-order valence-electron chi connectivity index (χ2n) is 10.5. The van der Waals surface area contributed by atoms with Crippen molar-refractivity contribution >= 4 is 19.7 Å². The number of nitrogens with zero attached hydrogens (tertiary/aromatic N) is 1. The molecule has 206 valence electrons.